The fourth-order valence-corrected chi connectivity index (χ4v) is 3.83. The van der Waals surface area contributed by atoms with Crippen molar-refractivity contribution in [3.05, 3.63) is 34.4 Å². The van der Waals surface area contributed by atoms with Gasteiger partial charge in [-0.3, -0.25) is 4.79 Å². The van der Waals surface area contributed by atoms with Gasteiger partial charge in [0.2, 0.25) is 5.91 Å². The molecule has 0 saturated carbocycles. The van der Waals surface area contributed by atoms with Crippen molar-refractivity contribution in [2.75, 3.05) is 13.1 Å². The van der Waals surface area contributed by atoms with E-state index in [0.29, 0.717) is 5.75 Å². The van der Waals surface area contributed by atoms with Crippen molar-refractivity contribution >= 4 is 12.0 Å². The molecule has 1 heterocycles. The summed E-state index contributed by atoms with van der Waals surface area (Å²) in [5.74, 6) is 0.566. The Morgan fingerprint density at radius 1 is 1.00 bits per heavy atom. The molecular weight excluding hydrogens is 346 g/mol. The summed E-state index contributed by atoms with van der Waals surface area (Å²) in [6.45, 7) is 16.6. The molecule has 28 heavy (non-hydrogen) atoms. The van der Waals surface area contributed by atoms with Gasteiger partial charge in [0.05, 0.1) is 0 Å². The minimum absolute atomic E-state index is 0.163. The molecule has 0 unspecified atom stereocenters. The molecule has 0 bridgehead atoms. The van der Waals surface area contributed by atoms with Crippen LogP contribution in [0.25, 0.3) is 6.08 Å². The fourth-order valence-electron chi connectivity index (χ4n) is 3.83. The number of aromatic hydroxyl groups is 1. The number of likely N-dealkylation sites (tertiary alicyclic amines) is 1. The van der Waals surface area contributed by atoms with Gasteiger partial charge in [0.1, 0.15) is 5.75 Å². The number of unbranched alkanes of at least 4 members (excludes halogenated alkanes) is 3. The molecule has 1 aromatic rings. The highest BCUT2D eigenvalue weighted by molar-refractivity contribution is 6.00. The van der Waals surface area contributed by atoms with Crippen LogP contribution in [0.15, 0.2) is 17.7 Å². The second-order valence-electron chi connectivity index (χ2n) is 10.2. The van der Waals surface area contributed by atoms with Crippen molar-refractivity contribution in [1.29, 1.82) is 0 Å². The maximum Gasteiger partial charge on any atom is 0.249 e. The molecule has 156 valence electrons. The van der Waals surface area contributed by atoms with Crippen LogP contribution < -0.4 is 0 Å². The minimum atomic E-state index is -0.163. The summed E-state index contributed by atoms with van der Waals surface area (Å²) in [4.78, 5) is 14.8. The quantitative estimate of drug-likeness (QED) is 0.469. The van der Waals surface area contributed by atoms with E-state index in [1.165, 1.54) is 19.3 Å². The SMILES string of the molecule is CCCCCCN1CCC(=Cc2cc(C(C)(C)C)c(O)c(C(C)(C)C)c2)C1=O. The van der Waals surface area contributed by atoms with E-state index in [0.717, 1.165) is 48.2 Å². The molecule has 0 radical (unpaired) electrons. The van der Waals surface area contributed by atoms with Gasteiger partial charge in [0.25, 0.3) is 0 Å². The normalized spacial score (nSPS) is 17.0. The van der Waals surface area contributed by atoms with Crippen molar-refractivity contribution in [3.8, 4) is 5.75 Å². The van der Waals surface area contributed by atoms with Crippen LogP contribution >= 0.6 is 0 Å². The number of phenolic OH excluding ortho intramolecular Hbond substituents is 1. The summed E-state index contributed by atoms with van der Waals surface area (Å²) in [5, 5.41) is 10.9. The molecule has 2 rings (SSSR count). The van der Waals surface area contributed by atoms with Crippen LogP contribution in [0.3, 0.4) is 0 Å². The summed E-state index contributed by atoms with van der Waals surface area (Å²) in [6.07, 6.45) is 7.59. The molecule has 3 heteroatoms. The monoisotopic (exact) mass is 385 g/mol. The van der Waals surface area contributed by atoms with E-state index in [4.69, 9.17) is 0 Å². The number of hydrogen-bond acceptors (Lipinski definition) is 2. The lowest BCUT2D eigenvalue weighted by atomic mass is 9.78. The highest BCUT2D eigenvalue weighted by atomic mass is 16.3. The van der Waals surface area contributed by atoms with Gasteiger partial charge in [-0.1, -0.05) is 67.7 Å². The zero-order chi connectivity index (χ0) is 21.1. The number of rotatable bonds is 6. The first-order valence-electron chi connectivity index (χ1n) is 10.8. The number of carbonyl (C=O) groups excluding carboxylic acids is 1. The fraction of sp³-hybridized carbons (Fsp3) is 0.640. The van der Waals surface area contributed by atoms with E-state index < -0.39 is 0 Å². The molecule has 0 aromatic heterocycles. The van der Waals surface area contributed by atoms with Crippen molar-refractivity contribution < 1.29 is 9.90 Å². The summed E-state index contributed by atoms with van der Waals surface area (Å²) in [6, 6.07) is 4.10. The Kier molecular flexibility index (Phi) is 7.01. The number of hydrogen-bond donors (Lipinski definition) is 1. The predicted octanol–water partition coefficient (Wildman–Crippen LogP) is 6.18. The van der Waals surface area contributed by atoms with E-state index >= 15 is 0 Å². The highest BCUT2D eigenvalue weighted by Crippen LogP contribution is 2.40. The minimum Gasteiger partial charge on any atom is -0.507 e. The standard InChI is InChI=1S/C25H39NO2/c1-8-9-10-11-13-26-14-12-19(23(26)28)15-18-16-20(24(2,3)4)22(27)21(17-18)25(5,6)7/h15-17,27H,8-14H2,1-7H3. The lowest BCUT2D eigenvalue weighted by Crippen LogP contribution is -2.26. The zero-order valence-corrected chi connectivity index (χ0v) is 19.0. The number of phenols is 1. The van der Waals surface area contributed by atoms with Crippen LogP contribution in [0, 0.1) is 0 Å². The third-order valence-electron chi connectivity index (χ3n) is 5.58. The average Bonchev–Trinajstić information content (AvgIpc) is 2.91. The molecule has 1 N–H and O–H groups in total. The third kappa shape index (κ3) is 5.40. The number of benzene rings is 1. The van der Waals surface area contributed by atoms with Crippen molar-refractivity contribution in [2.45, 2.75) is 91.4 Å². The second-order valence-corrected chi connectivity index (χ2v) is 10.2. The Hall–Kier alpha value is -1.77. The van der Waals surface area contributed by atoms with E-state index in [1.54, 1.807) is 0 Å². The van der Waals surface area contributed by atoms with E-state index in [9.17, 15) is 9.90 Å². The molecule has 0 spiro atoms. The summed E-state index contributed by atoms with van der Waals surface area (Å²) in [5.41, 5.74) is 3.46. The van der Waals surface area contributed by atoms with Gasteiger partial charge >= 0.3 is 0 Å². The van der Waals surface area contributed by atoms with Gasteiger partial charge in [-0.15, -0.1) is 0 Å². The van der Waals surface area contributed by atoms with Gasteiger partial charge in [-0.05, 0) is 47.4 Å². The first kappa shape index (κ1) is 22.5. The molecular formula is C25H39NO2. The maximum absolute atomic E-state index is 12.8. The highest BCUT2D eigenvalue weighted by Gasteiger charge is 2.28. The van der Waals surface area contributed by atoms with Crippen LogP contribution in [-0.4, -0.2) is 29.0 Å². The number of carbonyl (C=O) groups is 1. The summed E-state index contributed by atoms with van der Waals surface area (Å²) in [7, 11) is 0. The topological polar surface area (TPSA) is 40.5 Å². The first-order valence-corrected chi connectivity index (χ1v) is 10.8. The maximum atomic E-state index is 12.8. The van der Waals surface area contributed by atoms with Gasteiger partial charge in [0, 0.05) is 29.8 Å². The first-order chi connectivity index (χ1) is 12.9. The molecule has 1 aliphatic heterocycles. The molecule has 1 aliphatic rings. The van der Waals surface area contributed by atoms with Crippen LogP contribution in [-0.2, 0) is 15.6 Å². The van der Waals surface area contributed by atoms with Gasteiger partial charge in [0.15, 0.2) is 0 Å². The smallest absolute Gasteiger partial charge is 0.249 e. The van der Waals surface area contributed by atoms with E-state index in [-0.39, 0.29) is 16.7 Å². The van der Waals surface area contributed by atoms with Gasteiger partial charge in [-0.25, -0.2) is 0 Å². The van der Waals surface area contributed by atoms with Crippen LogP contribution in [0.1, 0.15) is 97.3 Å². The van der Waals surface area contributed by atoms with E-state index in [2.05, 4.69) is 60.6 Å². The number of nitrogens with zero attached hydrogens (tertiary/aromatic N) is 1. The third-order valence-corrected chi connectivity index (χ3v) is 5.58. The molecule has 1 saturated heterocycles. The van der Waals surface area contributed by atoms with Gasteiger partial charge in [-0.2, -0.15) is 0 Å². The Bertz CT molecular complexity index is 697. The summed E-state index contributed by atoms with van der Waals surface area (Å²) >= 11 is 0. The molecule has 1 fully saturated rings. The number of amides is 1. The molecule has 0 aliphatic carbocycles. The molecule has 1 aromatic carbocycles. The Morgan fingerprint density at radius 2 is 1.57 bits per heavy atom. The lowest BCUT2D eigenvalue weighted by molar-refractivity contribution is -0.124. The van der Waals surface area contributed by atoms with Crippen molar-refractivity contribution in [2.24, 2.45) is 0 Å². The predicted molar refractivity (Wildman–Crippen MR) is 119 cm³/mol. The van der Waals surface area contributed by atoms with E-state index in [1.807, 2.05) is 11.0 Å². The largest absolute Gasteiger partial charge is 0.507 e. The van der Waals surface area contributed by atoms with Crippen LogP contribution in [0.5, 0.6) is 5.75 Å². The van der Waals surface area contributed by atoms with Crippen molar-refractivity contribution in [1.82, 2.24) is 4.90 Å². The molecule has 0 atom stereocenters. The Balaban J connectivity index is 2.31. The second kappa shape index (κ2) is 8.71. The zero-order valence-electron chi connectivity index (χ0n) is 19.0. The van der Waals surface area contributed by atoms with Gasteiger partial charge < -0.3 is 10.0 Å². The Labute approximate surface area is 171 Å². The average molecular weight is 386 g/mol. The van der Waals surface area contributed by atoms with Crippen LogP contribution in [0.4, 0.5) is 0 Å². The molecule has 3 nitrogen and oxygen atoms in total. The summed E-state index contributed by atoms with van der Waals surface area (Å²) < 4.78 is 0. The van der Waals surface area contributed by atoms with Crippen LogP contribution in [0.2, 0.25) is 0 Å². The Morgan fingerprint density at radius 3 is 2.07 bits per heavy atom. The van der Waals surface area contributed by atoms with Crippen molar-refractivity contribution in [3.63, 3.8) is 0 Å². The molecule has 1 amide bonds. The lowest BCUT2D eigenvalue weighted by Gasteiger charge is -2.28.